The highest BCUT2D eigenvalue weighted by atomic mass is 79.9. The molecule has 68 valence electrons. The van der Waals surface area contributed by atoms with Crippen LogP contribution in [0.15, 0.2) is 10.5 Å². The molecule has 0 bridgehead atoms. The normalized spacial score (nSPS) is 14.8. The van der Waals surface area contributed by atoms with Gasteiger partial charge in [-0.15, -0.1) is 0 Å². The van der Waals surface area contributed by atoms with Crippen LogP contribution in [0.25, 0.3) is 0 Å². The van der Waals surface area contributed by atoms with Gasteiger partial charge in [-0.05, 0) is 18.1 Å². The second-order valence-electron chi connectivity index (χ2n) is 2.93. The SMILES string of the molecule is O=C1CCc2c(Br)cc(F)c(F)c21. The highest BCUT2D eigenvalue weighted by Crippen LogP contribution is 2.32. The van der Waals surface area contributed by atoms with E-state index in [9.17, 15) is 13.6 Å². The minimum atomic E-state index is -1.01. The van der Waals surface area contributed by atoms with Crippen LogP contribution in [0.1, 0.15) is 22.3 Å². The van der Waals surface area contributed by atoms with E-state index in [1.807, 2.05) is 0 Å². The zero-order valence-electron chi connectivity index (χ0n) is 6.53. The number of hydrogen-bond donors (Lipinski definition) is 0. The Kier molecular flexibility index (Phi) is 1.95. The zero-order chi connectivity index (χ0) is 9.59. The van der Waals surface area contributed by atoms with Gasteiger partial charge in [0.1, 0.15) is 0 Å². The Balaban J connectivity index is 2.77. The van der Waals surface area contributed by atoms with Crippen LogP contribution >= 0.6 is 15.9 Å². The van der Waals surface area contributed by atoms with Gasteiger partial charge in [0.2, 0.25) is 0 Å². The summed E-state index contributed by atoms with van der Waals surface area (Å²) >= 11 is 3.10. The first kappa shape index (κ1) is 8.81. The number of hydrogen-bond acceptors (Lipinski definition) is 1. The molecular formula is C9H5BrF2O. The smallest absolute Gasteiger partial charge is 0.169 e. The lowest BCUT2D eigenvalue weighted by Crippen LogP contribution is -2.00. The summed E-state index contributed by atoms with van der Waals surface area (Å²) < 4.78 is 26.4. The molecule has 1 aliphatic carbocycles. The van der Waals surface area contributed by atoms with E-state index in [1.54, 1.807) is 0 Å². The predicted octanol–water partition coefficient (Wildman–Crippen LogP) is 2.86. The molecule has 0 atom stereocenters. The van der Waals surface area contributed by atoms with Crippen LogP contribution in [0.2, 0.25) is 0 Å². The second kappa shape index (κ2) is 2.87. The summed E-state index contributed by atoms with van der Waals surface area (Å²) in [6.45, 7) is 0. The fourth-order valence-corrected chi connectivity index (χ4v) is 2.13. The second-order valence-corrected chi connectivity index (χ2v) is 3.79. The van der Waals surface area contributed by atoms with Crippen molar-refractivity contribution in [1.82, 2.24) is 0 Å². The van der Waals surface area contributed by atoms with Crippen LogP contribution in [0.5, 0.6) is 0 Å². The summed E-state index contributed by atoms with van der Waals surface area (Å²) in [7, 11) is 0. The summed E-state index contributed by atoms with van der Waals surface area (Å²) in [5.41, 5.74) is 0.510. The van der Waals surface area contributed by atoms with Gasteiger partial charge in [-0.25, -0.2) is 8.78 Å². The molecule has 1 aromatic carbocycles. The van der Waals surface area contributed by atoms with E-state index < -0.39 is 11.6 Å². The van der Waals surface area contributed by atoms with Crippen molar-refractivity contribution in [3.63, 3.8) is 0 Å². The van der Waals surface area contributed by atoms with Gasteiger partial charge in [0.05, 0.1) is 5.56 Å². The van der Waals surface area contributed by atoms with Crippen molar-refractivity contribution >= 4 is 21.7 Å². The number of carbonyl (C=O) groups excluding carboxylic acids is 1. The lowest BCUT2D eigenvalue weighted by atomic mass is 10.1. The molecule has 0 spiro atoms. The van der Waals surface area contributed by atoms with Crippen LogP contribution in [0.3, 0.4) is 0 Å². The van der Waals surface area contributed by atoms with E-state index in [2.05, 4.69) is 15.9 Å². The standard InChI is InChI=1S/C9H5BrF2O/c10-5-3-6(11)9(12)8-4(5)1-2-7(8)13/h3H,1-2H2. The molecule has 0 saturated heterocycles. The summed E-state index contributed by atoms with van der Waals surface area (Å²) in [5, 5.41) is 0. The molecule has 0 fully saturated rings. The average Bonchev–Trinajstić information content (AvgIpc) is 2.44. The Hall–Kier alpha value is -0.770. The van der Waals surface area contributed by atoms with Crippen molar-refractivity contribution in [3.05, 3.63) is 33.3 Å². The van der Waals surface area contributed by atoms with Crippen molar-refractivity contribution in [3.8, 4) is 0 Å². The van der Waals surface area contributed by atoms with Gasteiger partial charge >= 0.3 is 0 Å². The number of rotatable bonds is 0. The fraction of sp³-hybridized carbons (Fsp3) is 0.222. The first-order valence-electron chi connectivity index (χ1n) is 3.81. The molecule has 0 heterocycles. The molecule has 0 amide bonds. The monoisotopic (exact) mass is 246 g/mol. The minimum absolute atomic E-state index is 0.0770. The number of Topliss-reactive ketones (excluding diaryl/α,β-unsaturated/α-hetero) is 1. The summed E-state index contributed by atoms with van der Waals surface area (Å²) in [6.07, 6.45) is 0.764. The van der Waals surface area contributed by atoms with Gasteiger partial charge in [-0.3, -0.25) is 4.79 Å². The van der Waals surface area contributed by atoms with E-state index in [1.165, 1.54) is 0 Å². The first-order chi connectivity index (χ1) is 6.11. The molecule has 0 N–H and O–H groups in total. The van der Waals surface area contributed by atoms with Gasteiger partial charge in [-0.2, -0.15) is 0 Å². The molecule has 1 nitrogen and oxygen atoms in total. The van der Waals surface area contributed by atoms with Crippen LogP contribution in [0.4, 0.5) is 8.78 Å². The quantitative estimate of drug-likeness (QED) is 0.644. The third-order valence-corrected chi connectivity index (χ3v) is 2.86. The molecule has 0 unspecified atom stereocenters. The Morgan fingerprint density at radius 2 is 2.00 bits per heavy atom. The molecule has 1 aromatic rings. The Bertz CT molecular complexity index is 401. The van der Waals surface area contributed by atoms with Crippen LogP contribution < -0.4 is 0 Å². The topological polar surface area (TPSA) is 17.1 Å². The number of carbonyl (C=O) groups is 1. The highest BCUT2D eigenvalue weighted by molar-refractivity contribution is 9.10. The first-order valence-corrected chi connectivity index (χ1v) is 4.60. The lowest BCUT2D eigenvalue weighted by Gasteiger charge is -2.03. The predicted molar refractivity (Wildman–Crippen MR) is 46.7 cm³/mol. The van der Waals surface area contributed by atoms with Crippen molar-refractivity contribution in [1.29, 1.82) is 0 Å². The summed E-state index contributed by atoms with van der Waals surface area (Å²) in [4.78, 5) is 11.2. The minimum Gasteiger partial charge on any atom is -0.294 e. The molecule has 0 saturated carbocycles. The number of halogens is 3. The molecule has 2 rings (SSSR count). The molecule has 4 heteroatoms. The van der Waals surface area contributed by atoms with E-state index in [4.69, 9.17) is 0 Å². The number of fused-ring (bicyclic) bond motifs is 1. The maximum absolute atomic E-state index is 13.1. The van der Waals surface area contributed by atoms with Gasteiger partial charge in [0, 0.05) is 10.9 Å². The lowest BCUT2D eigenvalue weighted by molar-refractivity contribution is 0.0990. The maximum Gasteiger partial charge on any atom is 0.169 e. The number of ketones is 1. The van der Waals surface area contributed by atoms with Gasteiger partial charge < -0.3 is 0 Å². The van der Waals surface area contributed by atoms with Gasteiger partial charge in [-0.1, -0.05) is 15.9 Å². The van der Waals surface area contributed by atoms with Crippen LogP contribution in [-0.2, 0) is 6.42 Å². The zero-order valence-corrected chi connectivity index (χ0v) is 8.12. The Morgan fingerprint density at radius 1 is 1.31 bits per heavy atom. The van der Waals surface area contributed by atoms with Crippen molar-refractivity contribution in [2.45, 2.75) is 12.8 Å². The van der Waals surface area contributed by atoms with Crippen molar-refractivity contribution < 1.29 is 13.6 Å². The molecule has 13 heavy (non-hydrogen) atoms. The molecule has 0 aromatic heterocycles. The number of benzene rings is 1. The Morgan fingerprint density at radius 3 is 2.69 bits per heavy atom. The fourth-order valence-electron chi connectivity index (χ4n) is 1.53. The highest BCUT2D eigenvalue weighted by Gasteiger charge is 2.27. The average molecular weight is 247 g/mol. The third-order valence-electron chi connectivity index (χ3n) is 2.15. The molecule has 0 aliphatic heterocycles. The third kappa shape index (κ3) is 1.20. The van der Waals surface area contributed by atoms with E-state index in [0.29, 0.717) is 16.5 Å². The van der Waals surface area contributed by atoms with Gasteiger partial charge in [0.15, 0.2) is 17.4 Å². The molecular weight excluding hydrogens is 242 g/mol. The van der Waals surface area contributed by atoms with E-state index in [0.717, 1.165) is 6.07 Å². The largest absolute Gasteiger partial charge is 0.294 e. The van der Waals surface area contributed by atoms with Crippen molar-refractivity contribution in [2.24, 2.45) is 0 Å². The van der Waals surface area contributed by atoms with Gasteiger partial charge in [0.25, 0.3) is 0 Å². The Labute approximate surface area is 81.9 Å². The maximum atomic E-state index is 13.1. The molecule has 1 aliphatic rings. The van der Waals surface area contributed by atoms with Crippen molar-refractivity contribution in [2.75, 3.05) is 0 Å². The van der Waals surface area contributed by atoms with Crippen LogP contribution in [-0.4, -0.2) is 5.78 Å². The van der Waals surface area contributed by atoms with E-state index in [-0.39, 0.29) is 17.8 Å². The summed E-state index contributed by atoms with van der Waals surface area (Å²) in [6, 6.07) is 1.06. The molecule has 0 radical (unpaired) electrons. The summed E-state index contributed by atoms with van der Waals surface area (Å²) in [5.74, 6) is -2.30. The van der Waals surface area contributed by atoms with Crippen LogP contribution in [0, 0.1) is 11.6 Å². The van der Waals surface area contributed by atoms with E-state index >= 15 is 0 Å².